The van der Waals surface area contributed by atoms with Gasteiger partial charge < -0.3 is 18.9 Å². The molecule has 0 aromatic heterocycles. The molecule has 4 rings (SSSR count). The van der Waals surface area contributed by atoms with Gasteiger partial charge in [-0.25, -0.2) is 9.59 Å². The third kappa shape index (κ3) is 4.90. The van der Waals surface area contributed by atoms with Gasteiger partial charge in [0.2, 0.25) is 0 Å². The predicted octanol–water partition coefficient (Wildman–Crippen LogP) is 6.10. The lowest BCUT2D eigenvalue weighted by atomic mass is 9.82. The minimum absolute atomic E-state index is 0.114. The maximum atomic E-state index is 11.7. The molecule has 186 valence electrons. The fraction of sp³-hybridized carbons (Fsp3) is 0.429. The number of carbonyl (C=O) groups excluding carboxylic acids is 2. The first-order valence-corrected chi connectivity index (χ1v) is 12.3. The topological polar surface area (TPSA) is 71.1 Å². The molecule has 3 atom stereocenters. The molecule has 0 spiro atoms. The second-order valence-electron chi connectivity index (χ2n) is 9.43. The molecule has 0 heterocycles. The maximum Gasteiger partial charge on any atom is 0.333 e. The summed E-state index contributed by atoms with van der Waals surface area (Å²) in [4.78, 5) is 23.5. The van der Waals surface area contributed by atoms with Crippen LogP contribution in [0.4, 0.5) is 0 Å². The lowest BCUT2D eigenvalue weighted by Crippen LogP contribution is -2.17. The molecule has 2 aliphatic carbocycles. The molecular formula is C28H31ClO6. The minimum Gasteiger partial charge on any atom is -0.489 e. The highest BCUT2D eigenvalue weighted by Crippen LogP contribution is 2.63. The van der Waals surface area contributed by atoms with Gasteiger partial charge in [-0.2, -0.15) is 0 Å². The summed E-state index contributed by atoms with van der Waals surface area (Å²) in [6.07, 6.45) is 2.11. The van der Waals surface area contributed by atoms with Crippen LogP contribution in [-0.2, 0) is 19.1 Å². The number of rotatable bonds is 10. The summed E-state index contributed by atoms with van der Waals surface area (Å²) in [7, 11) is 0. The van der Waals surface area contributed by atoms with Crippen LogP contribution in [-0.4, -0.2) is 38.4 Å². The van der Waals surface area contributed by atoms with Crippen LogP contribution in [0.3, 0.4) is 0 Å². The molecule has 2 bridgehead atoms. The fourth-order valence-corrected chi connectivity index (χ4v) is 5.50. The average Bonchev–Trinajstić information content (AvgIpc) is 3.37. The predicted molar refractivity (Wildman–Crippen MR) is 135 cm³/mol. The minimum atomic E-state index is -0.439. The smallest absolute Gasteiger partial charge is 0.333 e. The van der Waals surface area contributed by atoms with Crippen molar-refractivity contribution in [2.24, 2.45) is 5.92 Å². The van der Waals surface area contributed by atoms with Crippen molar-refractivity contribution in [2.45, 2.75) is 45.4 Å². The van der Waals surface area contributed by atoms with Crippen LogP contribution in [0, 0.1) is 5.92 Å². The highest BCUT2D eigenvalue weighted by molar-refractivity contribution is 6.36. The van der Waals surface area contributed by atoms with Gasteiger partial charge in [-0.05, 0) is 50.5 Å². The molecule has 0 N–H and O–H groups in total. The Balaban J connectivity index is 1.68. The average molecular weight is 499 g/mol. The summed E-state index contributed by atoms with van der Waals surface area (Å²) in [5, 5.41) is 2.21. The van der Waals surface area contributed by atoms with E-state index in [1.54, 1.807) is 13.8 Å². The molecule has 0 amide bonds. The lowest BCUT2D eigenvalue weighted by Gasteiger charge is -2.28. The molecule has 6 nitrogen and oxygen atoms in total. The Labute approximate surface area is 210 Å². The molecule has 3 unspecified atom stereocenters. The van der Waals surface area contributed by atoms with Gasteiger partial charge >= 0.3 is 11.9 Å². The van der Waals surface area contributed by atoms with Gasteiger partial charge in [0, 0.05) is 33.0 Å². The first-order valence-electron chi connectivity index (χ1n) is 11.9. The van der Waals surface area contributed by atoms with Gasteiger partial charge in [-0.15, -0.1) is 0 Å². The zero-order valence-corrected chi connectivity index (χ0v) is 21.2. The number of fused-ring (bicyclic) bond motifs is 6. The quantitative estimate of drug-likeness (QED) is 0.224. The van der Waals surface area contributed by atoms with Gasteiger partial charge in [0.25, 0.3) is 0 Å². The van der Waals surface area contributed by atoms with Crippen LogP contribution in [0.5, 0.6) is 11.5 Å². The molecule has 2 aliphatic rings. The summed E-state index contributed by atoms with van der Waals surface area (Å²) in [5.74, 6) is 1.88. The van der Waals surface area contributed by atoms with Crippen molar-refractivity contribution in [1.29, 1.82) is 0 Å². The van der Waals surface area contributed by atoms with Gasteiger partial charge in [-0.1, -0.05) is 43.8 Å². The van der Waals surface area contributed by atoms with Gasteiger partial charge in [0.15, 0.2) is 0 Å². The van der Waals surface area contributed by atoms with E-state index in [-0.39, 0.29) is 26.4 Å². The molecule has 2 aromatic rings. The van der Waals surface area contributed by atoms with Crippen molar-refractivity contribution in [3.8, 4) is 11.5 Å². The SMILES string of the molecule is C=C(C)C(=O)OCCOc1c2c(c(OCCOC(=O)C(=C)C)c3c(Cl)cccc13)C1CC(C)C2C1. The monoisotopic (exact) mass is 498 g/mol. The van der Waals surface area contributed by atoms with Gasteiger partial charge in [-0.3, -0.25) is 0 Å². The highest BCUT2D eigenvalue weighted by Gasteiger charge is 2.46. The molecule has 2 aromatic carbocycles. The summed E-state index contributed by atoms with van der Waals surface area (Å²) in [6.45, 7) is 13.4. The molecule has 0 radical (unpaired) electrons. The Morgan fingerprint density at radius 2 is 1.51 bits per heavy atom. The van der Waals surface area contributed by atoms with E-state index >= 15 is 0 Å². The van der Waals surface area contributed by atoms with E-state index in [4.69, 9.17) is 30.5 Å². The molecule has 1 saturated carbocycles. The summed E-state index contributed by atoms with van der Waals surface area (Å²) >= 11 is 6.70. The highest BCUT2D eigenvalue weighted by atomic mass is 35.5. The zero-order valence-electron chi connectivity index (χ0n) is 20.4. The molecule has 35 heavy (non-hydrogen) atoms. The van der Waals surface area contributed by atoms with Crippen LogP contribution in [0.1, 0.15) is 56.6 Å². The second-order valence-corrected chi connectivity index (χ2v) is 9.84. The number of benzene rings is 2. The fourth-order valence-electron chi connectivity index (χ4n) is 5.24. The van der Waals surface area contributed by atoms with Crippen LogP contribution in [0.2, 0.25) is 5.02 Å². The Kier molecular flexibility index (Phi) is 7.41. The Morgan fingerprint density at radius 1 is 0.914 bits per heavy atom. The maximum absolute atomic E-state index is 11.7. The van der Waals surface area contributed by atoms with Gasteiger partial charge in [0.1, 0.15) is 37.9 Å². The summed E-state index contributed by atoms with van der Waals surface area (Å²) in [6, 6.07) is 5.69. The van der Waals surface area contributed by atoms with Crippen molar-refractivity contribution in [1.82, 2.24) is 0 Å². The van der Waals surface area contributed by atoms with Crippen molar-refractivity contribution in [3.63, 3.8) is 0 Å². The number of ether oxygens (including phenoxy) is 4. The van der Waals surface area contributed by atoms with Crippen molar-refractivity contribution < 1.29 is 28.5 Å². The third-order valence-electron chi connectivity index (χ3n) is 6.75. The number of hydrogen-bond acceptors (Lipinski definition) is 6. The van der Waals surface area contributed by atoms with Crippen molar-refractivity contribution in [2.75, 3.05) is 26.4 Å². The van der Waals surface area contributed by atoms with Gasteiger partial charge in [0.05, 0.1) is 5.02 Å². The molecule has 0 aliphatic heterocycles. The van der Waals surface area contributed by atoms with E-state index in [0.717, 1.165) is 46.2 Å². The number of esters is 2. The molecule has 1 fully saturated rings. The summed E-state index contributed by atoms with van der Waals surface area (Å²) < 4.78 is 23.0. The van der Waals surface area contributed by atoms with E-state index in [9.17, 15) is 9.59 Å². The van der Waals surface area contributed by atoms with E-state index in [1.807, 2.05) is 18.2 Å². The largest absolute Gasteiger partial charge is 0.489 e. The zero-order chi connectivity index (χ0) is 25.3. The first-order chi connectivity index (χ1) is 16.7. The van der Waals surface area contributed by atoms with Crippen LogP contribution < -0.4 is 9.47 Å². The third-order valence-corrected chi connectivity index (χ3v) is 7.06. The number of carbonyl (C=O) groups is 2. The Morgan fingerprint density at radius 3 is 2.11 bits per heavy atom. The van der Waals surface area contributed by atoms with Crippen LogP contribution in [0.25, 0.3) is 10.8 Å². The van der Waals surface area contributed by atoms with Crippen molar-refractivity contribution >= 4 is 34.3 Å². The first kappa shape index (κ1) is 25.1. The van der Waals surface area contributed by atoms with E-state index in [1.165, 1.54) is 0 Å². The molecule has 0 saturated heterocycles. The molecule has 7 heteroatoms. The van der Waals surface area contributed by atoms with Crippen LogP contribution >= 0.6 is 11.6 Å². The standard InChI is InChI=1S/C28H31ClO6/c1-15(2)27(30)34-11-9-32-25-19-7-6-8-21(29)23(19)26(33-10-12-35-28(31)16(3)4)22-18-13-17(5)20(14-18)24(22)25/h6-8,17-18,20H,1,3,9-14H2,2,4-5H3. The summed E-state index contributed by atoms with van der Waals surface area (Å²) in [5.41, 5.74) is 2.99. The van der Waals surface area contributed by atoms with E-state index in [0.29, 0.717) is 33.9 Å². The second kappa shape index (κ2) is 10.3. The lowest BCUT2D eigenvalue weighted by molar-refractivity contribution is -0.140. The Bertz CT molecular complexity index is 1200. The van der Waals surface area contributed by atoms with E-state index < -0.39 is 11.9 Å². The normalized spacial score (nSPS) is 19.8. The van der Waals surface area contributed by atoms with Crippen molar-refractivity contribution in [3.05, 3.63) is 58.7 Å². The number of hydrogen-bond donors (Lipinski definition) is 0. The number of halogens is 1. The molecular weight excluding hydrogens is 468 g/mol. The van der Waals surface area contributed by atoms with Crippen LogP contribution in [0.15, 0.2) is 42.5 Å². The van der Waals surface area contributed by atoms with E-state index in [2.05, 4.69) is 20.1 Å². The Hall–Kier alpha value is -2.99.